The zero-order valence-corrected chi connectivity index (χ0v) is 17.6. The molecule has 1 heterocycles. The van der Waals surface area contributed by atoms with Crippen molar-refractivity contribution in [1.82, 2.24) is 0 Å². The lowest BCUT2D eigenvalue weighted by molar-refractivity contribution is -0.385. The SMILES string of the molecule is Cc1ccccc1C(=O)Nc1ccc2c(c1)C1C=CCC1C(c1ccccc1[N+](=O)[O-])N2. The summed E-state index contributed by atoms with van der Waals surface area (Å²) in [6.45, 7) is 1.92. The summed E-state index contributed by atoms with van der Waals surface area (Å²) < 4.78 is 0. The molecule has 2 aliphatic rings. The first-order valence-corrected chi connectivity index (χ1v) is 10.7. The average Bonchev–Trinajstić information content (AvgIpc) is 3.29. The van der Waals surface area contributed by atoms with E-state index in [-0.39, 0.29) is 34.4 Å². The highest BCUT2D eigenvalue weighted by Gasteiger charge is 2.40. The normalized spacial score (nSPS) is 20.7. The first kappa shape index (κ1) is 20.0. The fourth-order valence-electron chi connectivity index (χ4n) is 4.92. The molecule has 0 aromatic heterocycles. The average molecular weight is 425 g/mol. The van der Waals surface area contributed by atoms with Gasteiger partial charge < -0.3 is 10.6 Å². The summed E-state index contributed by atoms with van der Waals surface area (Å²) in [4.78, 5) is 24.1. The predicted molar refractivity (Wildman–Crippen MR) is 125 cm³/mol. The second-order valence-corrected chi connectivity index (χ2v) is 8.36. The highest BCUT2D eigenvalue weighted by Crippen LogP contribution is 2.51. The predicted octanol–water partition coefficient (Wildman–Crippen LogP) is 5.98. The lowest BCUT2D eigenvalue weighted by Gasteiger charge is -2.37. The number of hydrogen-bond donors (Lipinski definition) is 2. The first-order valence-electron chi connectivity index (χ1n) is 10.7. The maximum absolute atomic E-state index is 12.8. The second-order valence-electron chi connectivity index (χ2n) is 8.36. The molecule has 6 nitrogen and oxygen atoms in total. The van der Waals surface area contributed by atoms with Gasteiger partial charge in [-0.15, -0.1) is 0 Å². The van der Waals surface area contributed by atoms with Crippen LogP contribution in [0.2, 0.25) is 0 Å². The van der Waals surface area contributed by atoms with E-state index in [4.69, 9.17) is 0 Å². The van der Waals surface area contributed by atoms with Crippen LogP contribution in [0.4, 0.5) is 17.1 Å². The fourth-order valence-corrected chi connectivity index (χ4v) is 4.92. The Morgan fingerprint density at radius 2 is 1.84 bits per heavy atom. The van der Waals surface area contributed by atoms with Crippen LogP contribution in [0.15, 0.2) is 78.9 Å². The number of amides is 1. The third-order valence-corrected chi connectivity index (χ3v) is 6.48. The monoisotopic (exact) mass is 425 g/mol. The van der Waals surface area contributed by atoms with Crippen molar-refractivity contribution in [1.29, 1.82) is 0 Å². The largest absolute Gasteiger partial charge is 0.377 e. The maximum Gasteiger partial charge on any atom is 0.274 e. The van der Waals surface area contributed by atoms with E-state index in [2.05, 4.69) is 22.8 Å². The minimum absolute atomic E-state index is 0.131. The van der Waals surface area contributed by atoms with E-state index in [0.717, 1.165) is 28.9 Å². The van der Waals surface area contributed by atoms with Gasteiger partial charge in [0.15, 0.2) is 0 Å². The molecule has 3 aromatic carbocycles. The van der Waals surface area contributed by atoms with E-state index >= 15 is 0 Å². The van der Waals surface area contributed by atoms with Crippen LogP contribution in [-0.4, -0.2) is 10.8 Å². The van der Waals surface area contributed by atoms with Crippen molar-refractivity contribution >= 4 is 23.0 Å². The lowest BCUT2D eigenvalue weighted by Crippen LogP contribution is -2.29. The van der Waals surface area contributed by atoms with Gasteiger partial charge in [0.2, 0.25) is 0 Å². The van der Waals surface area contributed by atoms with Crippen LogP contribution in [-0.2, 0) is 0 Å². The number of benzene rings is 3. The number of nitro benzene ring substituents is 1. The number of nitro groups is 1. The van der Waals surface area contributed by atoms with E-state index < -0.39 is 0 Å². The van der Waals surface area contributed by atoms with Crippen LogP contribution < -0.4 is 10.6 Å². The number of allylic oxidation sites excluding steroid dienone is 2. The summed E-state index contributed by atoms with van der Waals surface area (Å²) in [7, 11) is 0. The molecule has 3 unspecified atom stereocenters. The molecule has 0 radical (unpaired) electrons. The van der Waals surface area contributed by atoms with E-state index in [1.807, 2.05) is 61.5 Å². The number of aryl methyl sites for hydroxylation is 1. The highest BCUT2D eigenvalue weighted by molar-refractivity contribution is 6.05. The van der Waals surface area contributed by atoms with Gasteiger partial charge in [-0.25, -0.2) is 0 Å². The molecule has 6 heteroatoms. The van der Waals surface area contributed by atoms with Crippen molar-refractivity contribution in [2.45, 2.75) is 25.3 Å². The Labute approximate surface area is 186 Å². The van der Waals surface area contributed by atoms with E-state index in [9.17, 15) is 14.9 Å². The zero-order valence-electron chi connectivity index (χ0n) is 17.6. The van der Waals surface area contributed by atoms with Crippen LogP contribution in [0.5, 0.6) is 0 Å². The molecule has 1 amide bonds. The van der Waals surface area contributed by atoms with Gasteiger partial charge in [-0.2, -0.15) is 0 Å². The number of nitrogens with one attached hydrogen (secondary N) is 2. The van der Waals surface area contributed by atoms with E-state index in [0.29, 0.717) is 11.1 Å². The van der Waals surface area contributed by atoms with Crippen molar-refractivity contribution in [3.05, 3.63) is 111 Å². The van der Waals surface area contributed by atoms with Crippen molar-refractivity contribution in [3.8, 4) is 0 Å². The lowest BCUT2D eigenvalue weighted by atomic mass is 9.76. The number of hydrogen-bond acceptors (Lipinski definition) is 4. The summed E-state index contributed by atoms with van der Waals surface area (Å²) in [6.07, 6.45) is 5.17. The number of para-hydroxylation sites is 1. The summed E-state index contributed by atoms with van der Waals surface area (Å²) in [6, 6.07) is 20.1. The van der Waals surface area contributed by atoms with Gasteiger partial charge in [-0.3, -0.25) is 14.9 Å². The third-order valence-electron chi connectivity index (χ3n) is 6.48. The molecule has 0 saturated carbocycles. The molecule has 1 aliphatic heterocycles. The van der Waals surface area contributed by atoms with Crippen LogP contribution in [0.3, 0.4) is 0 Å². The molecular weight excluding hydrogens is 402 g/mol. The Kier molecular flexibility index (Phi) is 4.98. The number of rotatable bonds is 4. The molecule has 1 aliphatic carbocycles. The topological polar surface area (TPSA) is 84.3 Å². The van der Waals surface area contributed by atoms with Crippen molar-refractivity contribution in [2.75, 3.05) is 10.6 Å². The van der Waals surface area contributed by atoms with Gasteiger partial charge >= 0.3 is 0 Å². The fraction of sp³-hybridized carbons (Fsp3) is 0.192. The van der Waals surface area contributed by atoms with Gasteiger partial charge in [0.1, 0.15) is 0 Å². The molecule has 0 bridgehead atoms. The minimum atomic E-state index is -0.311. The molecule has 160 valence electrons. The van der Waals surface area contributed by atoms with E-state index in [1.165, 1.54) is 0 Å². The smallest absolute Gasteiger partial charge is 0.274 e. The van der Waals surface area contributed by atoms with Crippen molar-refractivity contribution < 1.29 is 9.72 Å². The van der Waals surface area contributed by atoms with Gasteiger partial charge in [-0.05, 0) is 54.7 Å². The van der Waals surface area contributed by atoms with Crippen molar-refractivity contribution in [3.63, 3.8) is 0 Å². The molecule has 5 rings (SSSR count). The second kappa shape index (κ2) is 7.96. The molecule has 3 atom stereocenters. The Balaban J connectivity index is 1.47. The van der Waals surface area contributed by atoms with Crippen LogP contribution >= 0.6 is 0 Å². The van der Waals surface area contributed by atoms with Gasteiger partial charge in [0.25, 0.3) is 11.6 Å². The first-order chi connectivity index (χ1) is 15.5. The molecule has 32 heavy (non-hydrogen) atoms. The summed E-state index contributed by atoms with van der Waals surface area (Å²) in [5.74, 6) is 0.167. The molecule has 0 saturated heterocycles. The Morgan fingerprint density at radius 1 is 1.06 bits per heavy atom. The zero-order chi connectivity index (χ0) is 22.2. The van der Waals surface area contributed by atoms with Gasteiger partial charge in [-0.1, -0.05) is 48.6 Å². The van der Waals surface area contributed by atoms with Crippen LogP contribution in [0, 0.1) is 23.0 Å². The van der Waals surface area contributed by atoms with Gasteiger partial charge in [0.05, 0.1) is 16.5 Å². The molecule has 0 fully saturated rings. The number of carbonyl (C=O) groups is 1. The Hall–Kier alpha value is -3.93. The molecule has 2 N–H and O–H groups in total. The van der Waals surface area contributed by atoms with Gasteiger partial charge in [0, 0.05) is 28.9 Å². The number of fused-ring (bicyclic) bond motifs is 3. The summed E-state index contributed by atoms with van der Waals surface area (Å²) in [5, 5.41) is 18.2. The number of carbonyl (C=O) groups excluding carboxylic acids is 1. The summed E-state index contributed by atoms with van der Waals surface area (Å²) >= 11 is 0. The number of nitrogens with zero attached hydrogens (tertiary/aromatic N) is 1. The molecule has 3 aromatic rings. The maximum atomic E-state index is 12.8. The third kappa shape index (κ3) is 3.43. The quantitative estimate of drug-likeness (QED) is 0.306. The Morgan fingerprint density at radius 3 is 2.66 bits per heavy atom. The highest BCUT2D eigenvalue weighted by atomic mass is 16.6. The Bertz CT molecular complexity index is 1250. The standard InChI is InChI=1S/C26H23N3O3/c1-16-7-2-3-8-18(16)26(30)27-17-13-14-23-22(15-17)19-10-6-11-20(19)25(28-23)21-9-4-5-12-24(21)29(31)32/h2-10,12-15,19-20,25,28H,11H2,1H3,(H,27,30). The van der Waals surface area contributed by atoms with E-state index in [1.54, 1.807) is 12.1 Å². The van der Waals surface area contributed by atoms with Crippen LogP contribution in [0.1, 0.15) is 45.4 Å². The molecule has 0 spiro atoms. The number of anilines is 2. The minimum Gasteiger partial charge on any atom is -0.377 e. The van der Waals surface area contributed by atoms with Crippen molar-refractivity contribution in [2.24, 2.45) is 5.92 Å². The molecular formula is C26H23N3O3. The van der Waals surface area contributed by atoms with Crippen LogP contribution in [0.25, 0.3) is 0 Å². The summed E-state index contributed by atoms with van der Waals surface area (Å²) in [5.41, 5.74) is 5.20.